The summed E-state index contributed by atoms with van der Waals surface area (Å²) >= 11 is 0. The van der Waals surface area contributed by atoms with Crippen LogP contribution < -0.4 is 20.1 Å². The molecular formula is C27H30N2O4. The summed E-state index contributed by atoms with van der Waals surface area (Å²) in [7, 11) is 1.57. The molecule has 172 valence electrons. The Morgan fingerprint density at radius 2 is 1.21 bits per heavy atom. The molecule has 0 aliphatic carbocycles. The fourth-order valence-electron chi connectivity index (χ4n) is 3.26. The zero-order valence-electron chi connectivity index (χ0n) is 19.6. The van der Waals surface area contributed by atoms with E-state index in [1.807, 2.05) is 52.0 Å². The molecule has 0 atom stereocenters. The molecule has 0 aliphatic rings. The SMILES string of the molecule is COc1ccc(C(NC(=O)c2ccc(C)cc2)NC(=O)c2ccc(C)cc2)cc1OC(C)C. The van der Waals surface area contributed by atoms with Crippen molar-refractivity contribution in [2.45, 2.75) is 40.0 Å². The highest BCUT2D eigenvalue weighted by Gasteiger charge is 2.21. The Morgan fingerprint density at radius 1 is 0.727 bits per heavy atom. The Balaban J connectivity index is 1.93. The van der Waals surface area contributed by atoms with E-state index in [9.17, 15) is 9.59 Å². The average Bonchev–Trinajstić information content (AvgIpc) is 2.79. The Morgan fingerprint density at radius 3 is 1.64 bits per heavy atom. The molecule has 0 radical (unpaired) electrons. The second-order valence-corrected chi connectivity index (χ2v) is 8.19. The molecule has 0 fully saturated rings. The number of hydrogen-bond donors (Lipinski definition) is 2. The zero-order valence-corrected chi connectivity index (χ0v) is 19.6. The van der Waals surface area contributed by atoms with Crippen molar-refractivity contribution >= 4 is 11.8 Å². The van der Waals surface area contributed by atoms with Gasteiger partial charge in [0, 0.05) is 11.1 Å². The van der Waals surface area contributed by atoms with Gasteiger partial charge in [0.15, 0.2) is 11.5 Å². The molecule has 0 unspecified atom stereocenters. The Labute approximate surface area is 194 Å². The number of rotatable bonds is 8. The van der Waals surface area contributed by atoms with Gasteiger partial charge in [0.1, 0.15) is 6.17 Å². The molecule has 0 bridgehead atoms. The Hall–Kier alpha value is -3.80. The lowest BCUT2D eigenvalue weighted by atomic mass is 10.1. The zero-order chi connectivity index (χ0) is 24.0. The summed E-state index contributed by atoms with van der Waals surface area (Å²) in [5.74, 6) is 0.503. The average molecular weight is 447 g/mol. The van der Waals surface area contributed by atoms with Crippen molar-refractivity contribution in [3.63, 3.8) is 0 Å². The number of methoxy groups -OCH3 is 1. The molecule has 33 heavy (non-hydrogen) atoms. The fraction of sp³-hybridized carbons (Fsp3) is 0.259. The standard InChI is InChI=1S/C27H30N2O4/c1-17(2)33-24-16-22(14-15-23(24)32-5)25(28-26(30)20-10-6-18(3)7-11-20)29-27(31)21-12-8-19(4)9-13-21/h6-17,25H,1-5H3,(H,28,30)(H,29,31). The lowest BCUT2D eigenvalue weighted by Crippen LogP contribution is -2.41. The largest absolute Gasteiger partial charge is 0.493 e. The highest BCUT2D eigenvalue weighted by Crippen LogP contribution is 2.31. The van der Waals surface area contributed by atoms with Crippen molar-refractivity contribution in [1.29, 1.82) is 0 Å². The van der Waals surface area contributed by atoms with E-state index in [2.05, 4.69) is 10.6 Å². The van der Waals surface area contributed by atoms with Crippen LogP contribution in [-0.4, -0.2) is 25.0 Å². The summed E-state index contributed by atoms with van der Waals surface area (Å²) in [5, 5.41) is 5.86. The highest BCUT2D eigenvalue weighted by atomic mass is 16.5. The molecule has 2 amide bonds. The van der Waals surface area contributed by atoms with Gasteiger partial charge in [-0.2, -0.15) is 0 Å². The van der Waals surface area contributed by atoms with Crippen molar-refractivity contribution in [2.24, 2.45) is 0 Å². The van der Waals surface area contributed by atoms with Crippen LogP contribution in [0.2, 0.25) is 0 Å². The number of benzene rings is 3. The molecule has 6 nitrogen and oxygen atoms in total. The predicted octanol–water partition coefficient (Wildman–Crippen LogP) is 4.96. The molecule has 0 saturated heterocycles. The highest BCUT2D eigenvalue weighted by molar-refractivity contribution is 5.96. The van der Waals surface area contributed by atoms with Crippen LogP contribution in [0.5, 0.6) is 11.5 Å². The molecular weight excluding hydrogens is 416 g/mol. The second-order valence-electron chi connectivity index (χ2n) is 8.19. The number of aryl methyl sites for hydroxylation is 2. The fourth-order valence-corrected chi connectivity index (χ4v) is 3.26. The lowest BCUT2D eigenvalue weighted by Gasteiger charge is -2.23. The van der Waals surface area contributed by atoms with Crippen molar-refractivity contribution in [1.82, 2.24) is 10.6 Å². The topological polar surface area (TPSA) is 76.7 Å². The van der Waals surface area contributed by atoms with E-state index in [0.29, 0.717) is 28.2 Å². The van der Waals surface area contributed by atoms with E-state index in [1.54, 1.807) is 49.6 Å². The summed E-state index contributed by atoms with van der Waals surface area (Å²) in [4.78, 5) is 25.9. The van der Waals surface area contributed by atoms with Crippen LogP contribution in [0.1, 0.15) is 57.4 Å². The maximum atomic E-state index is 13.0. The van der Waals surface area contributed by atoms with Crippen LogP contribution in [0, 0.1) is 13.8 Å². The maximum Gasteiger partial charge on any atom is 0.253 e. The van der Waals surface area contributed by atoms with Crippen molar-refractivity contribution in [2.75, 3.05) is 7.11 Å². The van der Waals surface area contributed by atoms with Gasteiger partial charge < -0.3 is 20.1 Å². The molecule has 0 saturated carbocycles. The van der Waals surface area contributed by atoms with Crippen molar-refractivity contribution < 1.29 is 19.1 Å². The first-order chi connectivity index (χ1) is 15.8. The number of nitrogens with one attached hydrogen (secondary N) is 2. The third-order valence-corrected chi connectivity index (χ3v) is 5.06. The first kappa shape index (κ1) is 23.9. The van der Waals surface area contributed by atoms with Gasteiger partial charge in [0.25, 0.3) is 11.8 Å². The Bertz CT molecular complexity index is 1050. The third kappa shape index (κ3) is 6.35. The molecule has 3 aromatic rings. The van der Waals surface area contributed by atoms with Gasteiger partial charge in [-0.3, -0.25) is 9.59 Å². The van der Waals surface area contributed by atoms with Gasteiger partial charge in [-0.25, -0.2) is 0 Å². The summed E-state index contributed by atoms with van der Waals surface area (Å²) < 4.78 is 11.3. The van der Waals surface area contributed by atoms with E-state index in [1.165, 1.54) is 0 Å². The number of hydrogen-bond acceptors (Lipinski definition) is 4. The van der Waals surface area contributed by atoms with Gasteiger partial charge in [-0.15, -0.1) is 0 Å². The van der Waals surface area contributed by atoms with Crippen LogP contribution in [0.15, 0.2) is 66.7 Å². The second kappa shape index (κ2) is 10.7. The third-order valence-electron chi connectivity index (χ3n) is 5.06. The van der Waals surface area contributed by atoms with E-state index in [-0.39, 0.29) is 17.9 Å². The van der Waals surface area contributed by atoms with Crippen LogP contribution in [-0.2, 0) is 0 Å². The van der Waals surface area contributed by atoms with Crippen molar-refractivity contribution in [3.05, 3.63) is 94.5 Å². The van der Waals surface area contributed by atoms with Gasteiger partial charge in [-0.1, -0.05) is 41.5 Å². The van der Waals surface area contributed by atoms with Gasteiger partial charge in [-0.05, 0) is 69.7 Å². The quantitative estimate of drug-likeness (QED) is 0.480. The lowest BCUT2D eigenvalue weighted by molar-refractivity contribution is 0.0883. The summed E-state index contributed by atoms with van der Waals surface area (Å²) in [6, 6.07) is 19.8. The first-order valence-electron chi connectivity index (χ1n) is 10.9. The van der Waals surface area contributed by atoms with E-state index < -0.39 is 6.17 Å². The van der Waals surface area contributed by atoms with E-state index in [0.717, 1.165) is 11.1 Å². The Kier molecular flexibility index (Phi) is 7.72. The molecule has 0 spiro atoms. The van der Waals surface area contributed by atoms with Gasteiger partial charge in [0.05, 0.1) is 13.2 Å². The van der Waals surface area contributed by atoms with E-state index in [4.69, 9.17) is 9.47 Å². The normalized spacial score (nSPS) is 10.8. The molecule has 0 heterocycles. The number of ether oxygens (including phenoxy) is 2. The molecule has 3 rings (SSSR count). The summed E-state index contributed by atoms with van der Waals surface area (Å²) in [5.41, 5.74) is 3.78. The predicted molar refractivity (Wildman–Crippen MR) is 129 cm³/mol. The number of amides is 2. The summed E-state index contributed by atoms with van der Waals surface area (Å²) in [6.07, 6.45) is -0.857. The van der Waals surface area contributed by atoms with Gasteiger partial charge in [0.2, 0.25) is 0 Å². The number of carbonyl (C=O) groups is 2. The minimum Gasteiger partial charge on any atom is -0.493 e. The van der Waals surface area contributed by atoms with Crippen molar-refractivity contribution in [3.8, 4) is 11.5 Å². The molecule has 6 heteroatoms. The van der Waals surface area contributed by atoms with Crippen LogP contribution in [0.3, 0.4) is 0 Å². The molecule has 3 aromatic carbocycles. The van der Waals surface area contributed by atoms with Crippen LogP contribution in [0.4, 0.5) is 0 Å². The van der Waals surface area contributed by atoms with Gasteiger partial charge >= 0.3 is 0 Å². The van der Waals surface area contributed by atoms with Crippen LogP contribution in [0.25, 0.3) is 0 Å². The minimum atomic E-state index is -0.784. The molecule has 0 aliphatic heterocycles. The molecule has 0 aromatic heterocycles. The smallest absolute Gasteiger partial charge is 0.253 e. The maximum absolute atomic E-state index is 13.0. The van der Waals surface area contributed by atoms with E-state index >= 15 is 0 Å². The molecule has 2 N–H and O–H groups in total. The summed E-state index contributed by atoms with van der Waals surface area (Å²) in [6.45, 7) is 7.75. The first-order valence-corrected chi connectivity index (χ1v) is 10.9. The van der Waals surface area contributed by atoms with Crippen LogP contribution >= 0.6 is 0 Å². The monoisotopic (exact) mass is 446 g/mol. The minimum absolute atomic E-state index is 0.0723. The number of carbonyl (C=O) groups excluding carboxylic acids is 2.